The van der Waals surface area contributed by atoms with Gasteiger partial charge in [-0.2, -0.15) is 0 Å². The quantitative estimate of drug-likeness (QED) is 0.440. The Morgan fingerprint density at radius 3 is 2.76 bits per heavy atom. The van der Waals surface area contributed by atoms with Crippen LogP contribution in [0.5, 0.6) is 5.88 Å². The second kappa shape index (κ2) is 10.7. The van der Waals surface area contributed by atoms with E-state index in [0.29, 0.717) is 28.2 Å². The number of amides is 2. The molecule has 4 rings (SSSR count). The molecule has 9 nitrogen and oxygen atoms in total. The number of benzene rings is 2. The van der Waals surface area contributed by atoms with E-state index in [1.54, 1.807) is 24.3 Å². The fourth-order valence-electron chi connectivity index (χ4n) is 3.33. The number of hydrogen-bond acceptors (Lipinski definition) is 6. The van der Waals surface area contributed by atoms with Crippen molar-refractivity contribution in [1.82, 2.24) is 15.5 Å². The summed E-state index contributed by atoms with van der Waals surface area (Å²) in [6.45, 7) is 2.28. The van der Waals surface area contributed by atoms with Crippen LogP contribution in [0.2, 0.25) is 5.02 Å². The number of hydrogen-bond donors (Lipinski definition) is 3. The number of H-pyrrole nitrogens is 1. The van der Waals surface area contributed by atoms with Gasteiger partial charge in [-0.3, -0.25) is 9.89 Å². The van der Waals surface area contributed by atoms with E-state index in [-0.39, 0.29) is 24.3 Å². The van der Waals surface area contributed by atoms with Crippen molar-refractivity contribution in [3.63, 3.8) is 0 Å². The van der Waals surface area contributed by atoms with Crippen molar-refractivity contribution in [2.75, 3.05) is 36.5 Å². The minimum Gasteiger partial charge on any atom is -0.388 e. The molecule has 172 valence electrons. The van der Waals surface area contributed by atoms with Crippen LogP contribution in [0, 0.1) is 0 Å². The Hall–Kier alpha value is -3.08. The highest BCUT2D eigenvalue weighted by atomic mass is 79.9. The first-order valence-electron chi connectivity index (χ1n) is 10.2. The van der Waals surface area contributed by atoms with Gasteiger partial charge in [0.15, 0.2) is 0 Å². The molecule has 3 N–H and O–H groups in total. The Balaban J connectivity index is 1.29. The largest absolute Gasteiger partial charge is 0.414 e. The van der Waals surface area contributed by atoms with Crippen LogP contribution < -0.4 is 20.3 Å². The van der Waals surface area contributed by atoms with Crippen LogP contribution in [0.3, 0.4) is 0 Å². The number of anilines is 2. The Bertz CT molecular complexity index is 1130. The van der Waals surface area contributed by atoms with Crippen LogP contribution in [0.15, 0.2) is 59.1 Å². The number of morpholine rings is 1. The SMILES string of the molecule is O=C(NCC1CN(c2ccccc2)CCO1)Oc1n[nH]c(NC(=O)c2ccccc2Cl)c1Br. The van der Waals surface area contributed by atoms with Crippen molar-refractivity contribution in [1.29, 1.82) is 0 Å². The van der Waals surface area contributed by atoms with E-state index in [1.165, 1.54) is 0 Å². The predicted octanol–water partition coefficient (Wildman–Crippen LogP) is 4.07. The molecule has 1 fully saturated rings. The molecule has 1 unspecified atom stereocenters. The van der Waals surface area contributed by atoms with Crippen molar-refractivity contribution >= 4 is 51.0 Å². The number of halogens is 2. The smallest absolute Gasteiger partial charge is 0.388 e. The Morgan fingerprint density at radius 2 is 1.97 bits per heavy atom. The molecule has 33 heavy (non-hydrogen) atoms. The van der Waals surface area contributed by atoms with E-state index < -0.39 is 12.0 Å². The summed E-state index contributed by atoms with van der Waals surface area (Å²) in [7, 11) is 0. The molecule has 1 aromatic heterocycles. The number of aromatic amines is 1. The third kappa shape index (κ3) is 5.84. The first-order chi connectivity index (χ1) is 16.0. The number of nitrogens with zero attached hydrogens (tertiary/aromatic N) is 2. The molecule has 0 bridgehead atoms. The number of para-hydroxylation sites is 1. The fourth-order valence-corrected chi connectivity index (χ4v) is 3.90. The van der Waals surface area contributed by atoms with E-state index >= 15 is 0 Å². The van der Waals surface area contributed by atoms with Gasteiger partial charge in [0.25, 0.3) is 11.8 Å². The van der Waals surface area contributed by atoms with Gasteiger partial charge >= 0.3 is 6.09 Å². The molecule has 1 saturated heterocycles. The third-order valence-corrected chi connectivity index (χ3v) is 6.02. The predicted molar refractivity (Wildman–Crippen MR) is 128 cm³/mol. The molecular formula is C22H21BrClN5O4. The van der Waals surface area contributed by atoms with Gasteiger partial charge in [0.1, 0.15) is 10.3 Å². The Kier molecular flexibility index (Phi) is 7.48. The van der Waals surface area contributed by atoms with Crippen LogP contribution in [-0.4, -0.2) is 54.5 Å². The van der Waals surface area contributed by atoms with Crippen LogP contribution in [0.25, 0.3) is 0 Å². The summed E-state index contributed by atoms with van der Waals surface area (Å²) in [4.78, 5) is 26.9. The Labute approximate surface area is 203 Å². The monoisotopic (exact) mass is 533 g/mol. The fraction of sp³-hybridized carbons (Fsp3) is 0.227. The molecule has 2 amide bonds. The van der Waals surface area contributed by atoms with Gasteiger partial charge in [-0.1, -0.05) is 41.9 Å². The van der Waals surface area contributed by atoms with Crippen LogP contribution in [-0.2, 0) is 4.74 Å². The second-order valence-corrected chi connectivity index (χ2v) is 8.40. The number of rotatable bonds is 6. The van der Waals surface area contributed by atoms with Crippen molar-refractivity contribution in [3.8, 4) is 5.88 Å². The highest BCUT2D eigenvalue weighted by Gasteiger charge is 2.23. The minimum absolute atomic E-state index is 0.0163. The number of ether oxygens (including phenoxy) is 2. The second-order valence-electron chi connectivity index (χ2n) is 7.20. The van der Waals surface area contributed by atoms with E-state index in [0.717, 1.165) is 12.2 Å². The average Bonchev–Trinajstić information content (AvgIpc) is 3.17. The van der Waals surface area contributed by atoms with Gasteiger partial charge in [-0.25, -0.2) is 4.79 Å². The molecule has 11 heteroatoms. The third-order valence-electron chi connectivity index (χ3n) is 4.96. The van der Waals surface area contributed by atoms with Crippen molar-refractivity contribution in [3.05, 3.63) is 69.7 Å². The zero-order chi connectivity index (χ0) is 23.2. The first kappa shape index (κ1) is 23.1. The van der Waals surface area contributed by atoms with Crippen LogP contribution >= 0.6 is 27.5 Å². The summed E-state index contributed by atoms with van der Waals surface area (Å²) in [5.74, 6) is -0.215. The maximum atomic E-state index is 12.4. The van der Waals surface area contributed by atoms with Gasteiger partial charge in [0.2, 0.25) is 0 Å². The van der Waals surface area contributed by atoms with E-state index in [4.69, 9.17) is 21.1 Å². The Morgan fingerprint density at radius 1 is 1.21 bits per heavy atom. The van der Waals surface area contributed by atoms with E-state index in [2.05, 4.69) is 41.7 Å². The normalized spacial score (nSPS) is 15.7. The molecule has 0 saturated carbocycles. The van der Waals surface area contributed by atoms with E-state index in [1.807, 2.05) is 30.3 Å². The molecule has 0 aliphatic carbocycles. The summed E-state index contributed by atoms with van der Waals surface area (Å²) in [5, 5.41) is 12.2. The number of carbonyl (C=O) groups is 2. The van der Waals surface area contributed by atoms with Gasteiger partial charge in [-0.05, 0) is 40.2 Å². The minimum atomic E-state index is -0.688. The van der Waals surface area contributed by atoms with E-state index in [9.17, 15) is 9.59 Å². The summed E-state index contributed by atoms with van der Waals surface area (Å²) in [6, 6.07) is 16.7. The summed E-state index contributed by atoms with van der Waals surface area (Å²) in [5.41, 5.74) is 1.41. The molecule has 3 aromatic rings. The number of aromatic nitrogens is 2. The first-order valence-corrected chi connectivity index (χ1v) is 11.4. The van der Waals surface area contributed by atoms with Crippen LogP contribution in [0.4, 0.5) is 16.3 Å². The molecule has 0 spiro atoms. The topological polar surface area (TPSA) is 109 Å². The lowest BCUT2D eigenvalue weighted by molar-refractivity contribution is 0.0413. The lowest BCUT2D eigenvalue weighted by Gasteiger charge is -2.34. The molecule has 1 aliphatic rings. The number of nitrogens with one attached hydrogen (secondary N) is 3. The molecule has 1 atom stereocenters. The van der Waals surface area contributed by atoms with Crippen molar-refractivity contribution in [2.45, 2.75) is 6.10 Å². The van der Waals surface area contributed by atoms with Gasteiger partial charge in [-0.15, -0.1) is 5.10 Å². The van der Waals surface area contributed by atoms with Gasteiger partial charge < -0.3 is 25.0 Å². The zero-order valence-corrected chi connectivity index (χ0v) is 19.7. The standard InChI is InChI=1S/C22H21BrClN5O4/c23-18-19(26-20(30)16-8-4-5-9-17(16)24)27-28-21(18)33-22(31)25-12-15-13-29(10-11-32-15)14-6-2-1-3-7-14/h1-9,15H,10-13H2,(H,25,31)(H2,26,27,28,30). The molecule has 2 aromatic carbocycles. The van der Waals surface area contributed by atoms with Gasteiger partial charge in [0.05, 0.1) is 23.3 Å². The van der Waals surface area contributed by atoms with Crippen molar-refractivity contribution in [2.24, 2.45) is 0 Å². The van der Waals surface area contributed by atoms with Gasteiger partial charge in [0, 0.05) is 25.3 Å². The lowest BCUT2D eigenvalue weighted by Crippen LogP contribution is -2.48. The molecular weight excluding hydrogens is 514 g/mol. The molecule has 2 heterocycles. The highest BCUT2D eigenvalue weighted by Crippen LogP contribution is 2.30. The van der Waals surface area contributed by atoms with Crippen molar-refractivity contribution < 1.29 is 19.1 Å². The maximum absolute atomic E-state index is 12.4. The maximum Gasteiger partial charge on any atom is 0.414 e. The molecule has 0 radical (unpaired) electrons. The lowest BCUT2D eigenvalue weighted by atomic mass is 10.2. The highest BCUT2D eigenvalue weighted by molar-refractivity contribution is 9.10. The molecule has 1 aliphatic heterocycles. The zero-order valence-electron chi connectivity index (χ0n) is 17.4. The summed E-state index contributed by atoms with van der Waals surface area (Å²) >= 11 is 9.34. The summed E-state index contributed by atoms with van der Waals surface area (Å²) < 4.78 is 11.3. The number of carbonyl (C=O) groups excluding carboxylic acids is 2. The summed E-state index contributed by atoms with van der Waals surface area (Å²) in [6.07, 6.45) is -0.869. The average molecular weight is 535 g/mol. The van der Waals surface area contributed by atoms with Crippen LogP contribution in [0.1, 0.15) is 10.4 Å².